The molecule has 0 radical (unpaired) electrons. The van der Waals surface area contributed by atoms with Crippen LogP contribution in [0, 0.1) is 11.2 Å². The normalized spacial score (nSPS) is 12.2. The smallest absolute Gasteiger partial charge is 0.258 e. The Bertz CT molecular complexity index is 978. The number of H-pyrrole nitrogens is 1. The van der Waals surface area contributed by atoms with E-state index in [1.165, 1.54) is 12.1 Å². The van der Waals surface area contributed by atoms with E-state index >= 15 is 0 Å². The lowest BCUT2D eigenvalue weighted by Crippen LogP contribution is -2.34. The molecule has 0 aliphatic carbocycles. The number of halogens is 1. The highest BCUT2D eigenvalue weighted by molar-refractivity contribution is 6.09. The molecule has 0 saturated heterocycles. The first kappa shape index (κ1) is 17.4. The molecule has 5 nitrogen and oxygen atoms in total. The van der Waals surface area contributed by atoms with Crippen LogP contribution in [-0.2, 0) is 0 Å². The lowest BCUT2D eigenvalue weighted by atomic mass is 9.93. The summed E-state index contributed by atoms with van der Waals surface area (Å²) in [6, 6.07) is 6.19. The van der Waals surface area contributed by atoms with E-state index < -0.39 is 0 Å². The number of anilines is 1. The maximum absolute atomic E-state index is 13.8. The molecule has 3 rings (SSSR count). The number of rotatable bonds is 5. The summed E-state index contributed by atoms with van der Waals surface area (Å²) in [5, 5.41) is 5.12. The Balaban J connectivity index is 2.10. The number of nitrogens with one attached hydrogen (secondary N) is 2. The summed E-state index contributed by atoms with van der Waals surface area (Å²) in [5.41, 5.74) is 0.315. The first-order valence-electron chi connectivity index (χ1n) is 8.26. The van der Waals surface area contributed by atoms with Crippen LogP contribution in [0.15, 0.2) is 35.3 Å². The largest absolute Gasteiger partial charge is 0.369 e. The molecule has 2 aromatic heterocycles. The average molecular weight is 342 g/mol. The van der Waals surface area contributed by atoms with Gasteiger partial charge in [0.15, 0.2) is 0 Å². The van der Waals surface area contributed by atoms with Crippen LogP contribution in [0.25, 0.3) is 21.7 Å². The molecule has 0 saturated carbocycles. The minimum atomic E-state index is -0.373. The van der Waals surface area contributed by atoms with Crippen LogP contribution >= 0.6 is 0 Å². The Kier molecular flexibility index (Phi) is 4.47. The van der Waals surface area contributed by atoms with E-state index in [4.69, 9.17) is 0 Å². The van der Waals surface area contributed by atoms with Gasteiger partial charge in [-0.3, -0.25) is 4.79 Å². The number of hydrogen-bond acceptors (Lipinski definition) is 4. The summed E-state index contributed by atoms with van der Waals surface area (Å²) in [4.78, 5) is 21.6. The van der Waals surface area contributed by atoms with Gasteiger partial charge in [-0.2, -0.15) is 0 Å². The minimum absolute atomic E-state index is 0.0284. The first-order chi connectivity index (χ1) is 11.8. The van der Waals surface area contributed by atoms with Crippen molar-refractivity contribution in [2.24, 2.45) is 5.41 Å². The summed E-state index contributed by atoms with van der Waals surface area (Å²) in [6.07, 6.45) is 1.56. The second-order valence-electron chi connectivity index (χ2n) is 7.47. The van der Waals surface area contributed by atoms with Crippen LogP contribution in [0.4, 0.5) is 10.2 Å². The van der Waals surface area contributed by atoms with Crippen molar-refractivity contribution in [3.05, 3.63) is 46.6 Å². The SMILES string of the molecule is CN(C)CC(C)(C)CNc1nc2cc[nH]c(=O)c2c2cc(F)ccc12. The van der Waals surface area contributed by atoms with E-state index in [-0.39, 0.29) is 16.8 Å². The minimum Gasteiger partial charge on any atom is -0.369 e. The lowest BCUT2D eigenvalue weighted by molar-refractivity contribution is 0.254. The van der Waals surface area contributed by atoms with Gasteiger partial charge in [0, 0.05) is 30.1 Å². The van der Waals surface area contributed by atoms with E-state index in [0.717, 1.165) is 11.9 Å². The van der Waals surface area contributed by atoms with E-state index in [0.29, 0.717) is 28.7 Å². The maximum atomic E-state index is 13.8. The molecule has 0 amide bonds. The van der Waals surface area contributed by atoms with Crippen molar-refractivity contribution in [2.75, 3.05) is 32.5 Å². The van der Waals surface area contributed by atoms with E-state index in [1.54, 1.807) is 18.3 Å². The van der Waals surface area contributed by atoms with Crippen LogP contribution < -0.4 is 10.9 Å². The number of hydrogen-bond donors (Lipinski definition) is 2. The molecule has 0 spiro atoms. The van der Waals surface area contributed by atoms with E-state index in [9.17, 15) is 9.18 Å². The number of aromatic nitrogens is 2. The van der Waals surface area contributed by atoms with Crippen molar-refractivity contribution < 1.29 is 4.39 Å². The van der Waals surface area contributed by atoms with Crippen LogP contribution in [-0.4, -0.2) is 42.1 Å². The average Bonchev–Trinajstić information content (AvgIpc) is 2.51. The molecule has 6 heteroatoms. The van der Waals surface area contributed by atoms with Gasteiger partial charge >= 0.3 is 0 Å². The molecular formula is C19H23FN4O. The Morgan fingerprint density at radius 2 is 2.00 bits per heavy atom. The molecule has 2 N–H and O–H groups in total. The van der Waals surface area contributed by atoms with Crippen molar-refractivity contribution in [3.63, 3.8) is 0 Å². The van der Waals surface area contributed by atoms with Crippen LogP contribution in [0.3, 0.4) is 0 Å². The highest BCUT2D eigenvalue weighted by atomic mass is 19.1. The van der Waals surface area contributed by atoms with Crippen molar-refractivity contribution in [2.45, 2.75) is 13.8 Å². The maximum Gasteiger partial charge on any atom is 0.258 e. The summed E-state index contributed by atoms with van der Waals surface area (Å²) in [6.45, 7) is 5.97. The molecule has 2 heterocycles. The number of benzene rings is 1. The predicted octanol–water partition coefficient (Wildman–Crippen LogP) is 3.22. The van der Waals surface area contributed by atoms with Gasteiger partial charge in [0.1, 0.15) is 11.6 Å². The standard InChI is InChI=1S/C19H23FN4O/c1-19(2,11-24(3)4)10-22-17-13-6-5-12(20)9-14(13)16-15(23-17)7-8-21-18(16)25/h5-9H,10-11H2,1-4H3,(H,21,25)(H,22,23). The Hall–Kier alpha value is -2.47. The van der Waals surface area contributed by atoms with E-state index in [1.807, 2.05) is 14.1 Å². The number of pyridine rings is 2. The highest BCUT2D eigenvalue weighted by Gasteiger charge is 2.20. The first-order valence-corrected chi connectivity index (χ1v) is 8.26. The number of fused-ring (bicyclic) bond motifs is 3. The lowest BCUT2D eigenvalue weighted by Gasteiger charge is -2.29. The van der Waals surface area contributed by atoms with Crippen LogP contribution in [0.5, 0.6) is 0 Å². The number of aromatic amines is 1. The Morgan fingerprint density at radius 3 is 2.72 bits per heavy atom. The van der Waals surface area contributed by atoms with Gasteiger partial charge < -0.3 is 15.2 Å². The van der Waals surface area contributed by atoms with Crippen molar-refractivity contribution in [1.82, 2.24) is 14.9 Å². The predicted molar refractivity (Wildman–Crippen MR) is 101 cm³/mol. The second kappa shape index (κ2) is 6.44. The molecule has 0 fully saturated rings. The molecule has 0 aliphatic heterocycles. The van der Waals surface area contributed by atoms with Crippen molar-refractivity contribution in [1.29, 1.82) is 0 Å². The fourth-order valence-corrected chi connectivity index (χ4v) is 3.30. The quantitative estimate of drug-likeness (QED) is 0.699. The topological polar surface area (TPSA) is 61.0 Å². The fraction of sp³-hybridized carbons (Fsp3) is 0.368. The number of nitrogens with zero attached hydrogens (tertiary/aromatic N) is 2. The molecule has 25 heavy (non-hydrogen) atoms. The summed E-state index contributed by atoms with van der Waals surface area (Å²) in [5.74, 6) is 0.294. The van der Waals surface area contributed by atoms with Gasteiger partial charge in [-0.1, -0.05) is 13.8 Å². The summed E-state index contributed by atoms with van der Waals surface area (Å²) in [7, 11) is 4.08. The molecule has 0 bridgehead atoms. The molecular weight excluding hydrogens is 319 g/mol. The zero-order valence-electron chi connectivity index (χ0n) is 15.0. The summed E-state index contributed by atoms with van der Waals surface area (Å²) < 4.78 is 13.8. The third kappa shape index (κ3) is 3.64. The molecule has 0 aliphatic rings. The van der Waals surface area contributed by atoms with Crippen LogP contribution in [0.1, 0.15) is 13.8 Å². The molecule has 0 atom stereocenters. The van der Waals surface area contributed by atoms with Gasteiger partial charge in [-0.25, -0.2) is 9.37 Å². The molecule has 3 aromatic rings. The zero-order valence-corrected chi connectivity index (χ0v) is 15.0. The van der Waals surface area contributed by atoms with Gasteiger partial charge in [-0.05, 0) is 43.8 Å². The molecule has 132 valence electrons. The second-order valence-corrected chi connectivity index (χ2v) is 7.47. The summed E-state index contributed by atoms with van der Waals surface area (Å²) >= 11 is 0. The Morgan fingerprint density at radius 1 is 1.24 bits per heavy atom. The van der Waals surface area contributed by atoms with E-state index in [2.05, 4.69) is 34.0 Å². The zero-order chi connectivity index (χ0) is 18.2. The van der Waals surface area contributed by atoms with Crippen molar-refractivity contribution in [3.8, 4) is 0 Å². The highest BCUT2D eigenvalue weighted by Crippen LogP contribution is 2.29. The monoisotopic (exact) mass is 342 g/mol. The molecule has 0 unspecified atom stereocenters. The van der Waals surface area contributed by atoms with Gasteiger partial charge in [-0.15, -0.1) is 0 Å². The third-order valence-electron chi connectivity index (χ3n) is 4.16. The van der Waals surface area contributed by atoms with Gasteiger partial charge in [0.05, 0.1) is 10.9 Å². The van der Waals surface area contributed by atoms with Crippen molar-refractivity contribution >= 4 is 27.5 Å². The van der Waals surface area contributed by atoms with Gasteiger partial charge in [0.25, 0.3) is 5.56 Å². The fourth-order valence-electron chi connectivity index (χ4n) is 3.30. The van der Waals surface area contributed by atoms with Crippen LogP contribution in [0.2, 0.25) is 0 Å². The third-order valence-corrected chi connectivity index (χ3v) is 4.16. The Labute approximate surface area is 145 Å². The molecule has 1 aromatic carbocycles. The van der Waals surface area contributed by atoms with Gasteiger partial charge in [0.2, 0.25) is 0 Å².